The Morgan fingerprint density at radius 1 is 1.12 bits per heavy atom. The molecule has 7 heteroatoms. The second-order valence-corrected chi connectivity index (χ2v) is 6.80. The lowest BCUT2D eigenvalue weighted by Gasteiger charge is -2.22. The number of carbonyl (C=O) groups excluding carboxylic acids is 2. The van der Waals surface area contributed by atoms with Crippen LogP contribution >= 0.6 is 11.3 Å². The van der Waals surface area contributed by atoms with Crippen LogP contribution in [0.25, 0.3) is 0 Å². The number of hydrogen-bond acceptors (Lipinski definition) is 4. The van der Waals surface area contributed by atoms with Gasteiger partial charge in [-0.25, -0.2) is 4.39 Å². The van der Waals surface area contributed by atoms with Gasteiger partial charge >= 0.3 is 0 Å². The maximum Gasteiger partial charge on any atom is 0.234 e. The van der Waals surface area contributed by atoms with E-state index < -0.39 is 0 Å². The van der Waals surface area contributed by atoms with Crippen molar-refractivity contribution in [2.24, 2.45) is 0 Å². The summed E-state index contributed by atoms with van der Waals surface area (Å²) >= 11 is 1.53. The zero-order chi connectivity index (χ0) is 18.9. The number of likely N-dealkylation sites (N-methyl/N-ethyl adjacent to an activating group) is 2. The van der Waals surface area contributed by atoms with Crippen molar-refractivity contribution >= 4 is 23.2 Å². The van der Waals surface area contributed by atoms with Gasteiger partial charge in [-0.15, -0.1) is 11.3 Å². The van der Waals surface area contributed by atoms with Crippen LogP contribution in [-0.4, -0.2) is 42.9 Å². The Bertz CT molecular complexity index is 704. The molecule has 2 aromatic rings. The predicted octanol–water partition coefficient (Wildman–Crippen LogP) is 2.55. The van der Waals surface area contributed by atoms with E-state index in [4.69, 9.17) is 0 Å². The van der Waals surface area contributed by atoms with Crippen LogP contribution in [-0.2, 0) is 9.59 Å². The summed E-state index contributed by atoms with van der Waals surface area (Å²) in [5.41, 5.74) is 0.814. The van der Waals surface area contributed by atoms with Gasteiger partial charge in [0.15, 0.2) is 0 Å². The number of rotatable bonds is 9. The Morgan fingerprint density at radius 2 is 1.81 bits per heavy atom. The molecule has 0 saturated heterocycles. The second-order valence-electron chi connectivity index (χ2n) is 5.82. The highest BCUT2D eigenvalue weighted by molar-refractivity contribution is 7.10. The normalized spacial score (nSPS) is 12.0. The first-order chi connectivity index (χ1) is 12.5. The first-order valence-electron chi connectivity index (χ1n) is 8.60. The average Bonchev–Trinajstić information content (AvgIpc) is 3.14. The van der Waals surface area contributed by atoms with Gasteiger partial charge in [-0.3, -0.25) is 14.5 Å². The van der Waals surface area contributed by atoms with E-state index in [2.05, 4.69) is 10.6 Å². The molecule has 1 heterocycles. The van der Waals surface area contributed by atoms with Crippen LogP contribution < -0.4 is 10.6 Å². The SMILES string of the molecule is CCNC(=O)CN(CC)CC(=O)NC(c1ccc(F)cc1)c1cccs1. The zero-order valence-electron chi connectivity index (χ0n) is 15.0. The van der Waals surface area contributed by atoms with E-state index in [-0.39, 0.29) is 36.8 Å². The molecule has 1 aromatic heterocycles. The molecule has 0 aliphatic carbocycles. The number of benzene rings is 1. The third-order valence-corrected chi connectivity index (χ3v) is 4.83. The standard InChI is InChI=1S/C19H24FN3O2S/c1-3-21-17(24)12-23(4-2)13-18(25)22-19(16-6-5-11-26-16)14-7-9-15(20)10-8-14/h5-11,19H,3-4,12-13H2,1-2H3,(H,21,24)(H,22,25). The van der Waals surface area contributed by atoms with E-state index in [1.54, 1.807) is 17.0 Å². The summed E-state index contributed by atoms with van der Waals surface area (Å²) in [6.45, 7) is 5.21. The van der Waals surface area contributed by atoms with Crippen LogP contribution in [0.2, 0.25) is 0 Å². The van der Waals surface area contributed by atoms with Crippen LogP contribution in [0.3, 0.4) is 0 Å². The van der Waals surface area contributed by atoms with Gasteiger partial charge in [0, 0.05) is 11.4 Å². The molecular formula is C19H24FN3O2S. The van der Waals surface area contributed by atoms with Crippen LogP contribution in [0, 0.1) is 5.82 Å². The smallest absolute Gasteiger partial charge is 0.234 e. The molecule has 1 unspecified atom stereocenters. The Hall–Kier alpha value is -2.25. The molecule has 2 rings (SSSR count). The molecule has 0 fully saturated rings. The van der Waals surface area contributed by atoms with Crippen molar-refractivity contribution in [1.29, 1.82) is 0 Å². The fourth-order valence-corrected chi connectivity index (χ4v) is 3.38. The van der Waals surface area contributed by atoms with Crippen LogP contribution in [0.15, 0.2) is 41.8 Å². The number of carbonyl (C=O) groups is 2. The van der Waals surface area contributed by atoms with Crippen LogP contribution in [0.4, 0.5) is 4.39 Å². The van der Waals surface area contributed by atoms with Gasteiger partial charge in [-0.2, -0.15) is 0 Å². The number of nitrogens with one attached hydrogen (secondary N) is 2. The predicted molar refractivity (Wildman–Crippen MR) is 102 cm³/mol. The topological polar surface area (TPSA) is 61.4 Å². The number of hydrogen-bond donors (Lipinski definition) is 2. The number of amides is 2. The van der Waals surface area contributed by atoms with Gasteiger partial charge in [0.05, 0.1) is 19.1 Å². The van der Waals surface area contributed by atoms with E-state index in [0.717, 1.165) is 10.4 Å². The summed E-state index contributed by atoms with van der Waals surface area (Å²) in [6, 6.07) is 9.62. The lowest BCUT2D eigenvalue weighted by Crippen LogP contribution is -2.43. The Balaban J connectivity index is 2.06. The largest absolute Gasteiger partial charge is 0.355 e. The molecule has 0 aliphatic heterocycles. The van der Waals surface area contributed by atoms with Crippen molar-refractivity contribution in [3.05, 3.63) is 58.0 Å². The van der Waals surface area contributed by atoms with Gasteiger partial charge in [-0.1, -0.05) is 25.1 Å². The Morgan fingerprint density at radius 3 is 2.38 bits per heavy atom. The van der Waals surface area contributed by atoms with Gasteiger partial charge in [0.1, 0.15) is 5.82 Å². The number of thiophene rings is 1. The summed E-state index contributed by atoms with van der Waals surface area (Å²) < 4.78 is 13.2. The highest BCUT2D eigenvalue weighted by Gasteiger charge is 2.20. The molecule has 26 heavy (non-hydrogen) atoms. The maximum absolute atomic E-state index is 13.2. The zero-order valence-corrected chi connectivity index (χ0v) is 15.8. The molecule has 0 radical (unpaired) electrons. The number of nitrogens with zero attached hydrogens (tertiary/aromatic N) is 1. The summed E-state index contributed by atoms with van der Waals surface area (Å²) in [7, 11) is 0. The molecule has 140 valence electrons. The molecular weight excluding hydrogens is 353 g/mol. The van der Waals surface area contributed by atoms with E-state index in [1.807, 2.05) is 31.4 Å². The highest BCUT2D eigenvalue weighted by atomic mass is 32.1. The molecule has 0 bridgehead atoms. The van der Waals surface area contributed by atoms with Crippen molar-refractivity contribution in [1.82, 2.24) is 15.5 Å². The Kier molecular flexibility index (Phi) is 7.74. The van der Waals surface area contributed by atoms with Crippen LogP contribution in [0.1, 0.15) is 30.3 Å². The van der Waals surface area contributed by atoms with Gasteiger partial charge < -0.3 is 10.6 Å². The monoisotopic (exact) mass is 377 g/mol. The molecule has 5 nitrogen and oxygen atoms in total. The van der Waals surface area contributed by atoms with Crippen molar-refractivity contribution < 1.29 is 14.0 Å². The first-order valence-corrected chi connectivity index (χ1v) is 9.48. The summed E-state index contributed by atoms with van der Waals surface area (Å²) in [5.74, 6) is -0.599. The summed E-state index contributed by atoms with van der Waals surface area (Å²) in [5, 5.41) is 7.67. The Labute approximate surface area is 157 Å². The van der Waals surface area contributed by atoms with Gasteiger partial charge in [-0.05, 0) is 42.6 Å². The minimum absolute atomic E-state index is 0.101. The van der Waals surface area contributed by atoms with E-state index in [9.17, 15) is 14.0 Å². The molecule has 0 spiro atoms. The molecule has 2 N–H and O–H groups in total. The van der Waals surface area contributed by atoms with Crippen molar-refractivity contribution in [2.45, 2.75) is 19.9 Å². The highest BCUT2D eigenvalue weighted by Crippen LogP contribution is 2.26. The quantitative estimate of drug-likeness (QED) is 0.706. The minimum Gasteiger partial charge on any atom is -0.355 e. The van der Waals surface area contributed by atoms with Crippen molar-refractivity contribution in [2.75, 3.05) is 26.2 Å². The van der Waals surface area contributed by atoms with E-state index in [1.165, 1.54) is 23.5 Å². The number of halogens is 1. The molecule has 2 amide bonds. The van der Waals surface area contributed by atoms with E-state index >= 15 is 0 Å². The molecule has 1 atom stereocenters. The fourth-order valence-electron chi connectivity index (χ4n) is 2.57. The summed E-state index contributed by atoms with van der Waals surface area (Å²) in [6.07, 6.45) is 0. The summed E-state index contributed by atoms with van der Waals surface area (Å²) in [4.78, 5) is 27.0. The van der Waals surface area contributed by atoms with Crippen molar-refractivity contribution in [3.8, 4) is 0 Å². The lowest BCUT2D eigenvalue weighted by atomic mass is 10.1. The average molecular weight is 377 g/mol. The lowest BCUT2D eigenvalue weighted by molar-refractivity contribution is -0.125. The van der Waals surface area contributed by atoms with Crippen molar-refractivity contribution in [3.63, 3.8) is 0 Å². The maximum atomic E-state index is 13.2. The fraction of sp³-hybridized carbons (Fsp3) is 0.368. The van der Waals surface area contributed by atoms with Gasteiger partial charge in [0.25, 0.3) is 0 Å². The molecule has 1 aromatic carbocycles. The van der Waals surface area contributed by atoms with E-state index in [0.29, 0.717) is 13.1 Å². The third-order valence-electron chi connectivity index (χ3n) is 3.89. The van der Waals surface area contributed by atoms with Gasteiger partial charge in [0.2, 0.25) is 11.8 Å². The minimum atomic E-state index is -0.341. The third kappa shape index (κ3) is 5.93. The second kappa shape index (κ2) is 10.0. The molecule has 0 saturated carbocycles. The molecule has 0 aliphatic rings. The first kappa shape index (κ1) is 20.1. The van der Waals surface area contributed by atoms with Crippen LogP contribution in [0.5, 0.6) is 0 Å².